The summed E-state index contributed by atoms with van der Waals surface area (Å²) < 4.78 is 0. The van der Waals surface area contributed by atoms with Crippen molar-refractivity contribution in [1.82, 2.24) is 20.2 Å². The molecule has 2 heterocycles. The van der Waals surface area contributed by atoms with Crippen LogP contribution in [0, 0.1) is 11.8 Å². The van der Waals surface area contributed by atoms with E-state index in [4.69, 9.17) is 0 Å². The fourth-order valence-corrected chi connectivity index (χ4v) is 4.67. The van der Waals surface area contributed by atoms with Crippen molar-refractivity contribution in [3.63, 3.8) is 0 Å². The van der Waals surface area contributed by atoms with Crippen molar-refractivity contribution in [1.29, 1.82) is 0 Å². The number of benzene rings is 1. The lowest BCUT2D eigenvalue weighted by Crippen LogP contribution is -2.24. The minimum absolute atomic E-state index is 0.0301. The molecular formula is C25H28N4O3. The first-order valence-corrected chi connectivity index (χ1v) is 11.3. The van der Waals surface area contributed by atoms with E-state index in [0.717, 1.165) is 36.8 Å². The second-order valence-electron chi connectivity index (χ2n) is 8.57. The number of carbonyl (C=O) groups is 2. The second kappa shape index (κ2) is 9.85. The Labute approximate surface area is 187 Å². The lowest BCUT2D eigenvalue weighted by atomic mass is 9.77. The fourth-order valence-electron chi connectivity index (χ4n) is 4.67. The second-order valence-corrected chi connectivity index (χ2v) is 8.57. The standard InChI is InChI=1S/C25H28N4O3/c1-2-5-16-6-3-7-19(14-16)23(30)24-27-21(28-29-24)15-17-9-11-18(12-10-17)20-8-4-13-26-22(20)25(31)32/h4,8-13,16,19H,2-3,5-7,14-15H2,1H3,(H,31,32)(H,27,28,29). The van der Waals surface area contributed by atoms with Gasteiger partial charge in [-0.25, -0.2) is 14.8 Å². The van der Waals surface area contributed by atoms with Crippen LogP contribution in [0.3, 0.4) is 0 Å². The normalized spacial score (nSPS) is 18.4. The number of carboxylic acid groups (broad SMARTS) is 1. The van der Waals surface area contributed by atoms with Gasteiger partial charge in [0.15, 0.2) is 5.69 Å². The monoisotopic (exact) mass is 432 g/mol. The number of aromatic nitrogens is 4. The van der Waals surface area contributed by atoms with Crippen LogP contribution in [0.5, 0.6) is 0 Å². The lowest BCUT2D eigenvalue weighted by molar-refractivity contribution is 0.0691. The fraction of sp³-hybridized carbons (Fsp3) is 0.400. The van der Waals surface area contributed by atoms with Gasteiger partial charge in [0, 0.05) is 24.1 Å². The highest BCUT2D eigenvalue weighted by molar-refractivity contribution is 5.94. The highest BCUT2D eigenvalue weighted by Gasteiger charge is 2.29. The molecule has 0 saturated heterocycles. The maximum Gasteiger partial charge on any atom is 0.355 e. The van der Waals surface area contributed by atoms with Crippen molar-refractivity contribution in [3.05, 3.63) is 65.5 Å². The van der Waals surface area contributed by atoms with Gasteiger partial charge in [-0.2, -0.15) is 5.10 Å². The lowest BCUT2D eigenvalue weighted by Gasteiger charge is -2.27. The molecule has 3 aromatic rings. The largest absolute Gasteiger partial charge is 0.476 e. The smallest absolute Gasteiger partial charge is 0.355 e. The molecule has 2 unspecified atom stereocenters. The van der Waals surface area contributed by atoms with Crippen LogP contribution in [0.4, 0.5) is 0 Å². The average Bonchev–Trinajstić information content (AvgIpc) is 3.28. The van der Waals surface area contributed by atoms with Crippen molar-refractivity contribution in [2.45, 2.75) is 51.9 Å². The van der Waals surface area contributed by atoms with Crippen LogP contribution in [-0.2, 0) is 6.42 Å². The number of hydrogen-bond acceptors (Lipinski definition) is 5. The number of aromatic carboxylic acids is 1. The van der Waals surface area contributed by atoms with Gasteiger partial charge in [0.05, 0.1) is 0 Å². The first kappa shape index (κ1) is 21.9. The van der Waals surface area contributed by atoms with E-state index in [1.807, 2.05) is 24.3 Å². The van der Waals surface area contributed by atoms with Crippen molar-refractivity contribution >= 4 is 11.8 Å². The third-order valence-electron chi connectivity index (χ3n) is 6.25. The van der Waals surface area contributed by atoms with Crippen LogP contribution in [0.2, 0.25) is 0 Å². The molecule has 32 heavy (non-hydrogen) atoms. The van der Waals surface area contributed by atoms with Crippen molar-refractivity contribution in [2.75, 3.05) is 0 Å². The van der Waals surface area contributed by atoms with E-state index in [2.05, 4.69) is 27.1 Å². The third kappa shape index (κ3) is 4.93. The summed E-state index contributed by atoms with van der Waals surface area (Å²) in [5.74, 6) is 0.617. The Morgan fingerprint density at radius 3 is 2.72 bits per heavy atom. The maximum absolute atomic E-state index is 12.9. The number of nitrogens with one attached hydrogen (secondary N) is 1. The molecule has 2 N–H and O–H groups in total. The Morgan fingerprint density at radius 2 is 1.97 bits per heavy atom. The highest BCUT2D eigenvalue weighted by Crippen LogP contribution is 2.33. The van der Waals surface area contributed by atoms with Crippen LogP contribution < -0.4 is 0 Å². The Morgan fingerprint density at radius 1 is 1.16 bits per heavy atom. The van der Waals surface area contributed by atoms with Gasteiger partial charge in [0.25, 0.3) is 0 Å². The van der Waals surface area contributed by atoms with Crippen molar-refractivity contribution < 1.29 is 14.7 Å². The number of hydrogen-bond donors (Lipinski definition) is 2. The molecule has 0 spiro atoms. The van der Waals surface area contributed by atoms with Crippen molar-refractivity contribution in [3.8, 4) is 11.1 Å². The highest BCUT2D eigenvalue weighted by atomic mass is 16.4. The number of carboxylic acids is 1. The summed E-state index contributed by atoms with van der Waals surface area (Å²) >= 11 is 0. The number of nitrogens with zero attached hydrogens (tertiary/aromatic N) is 3. The molecule has 1 aliphatic carbocycles. The predicted molar refractivity (Wildman–Crippen MR) is 121 cm³/mol. The molecule has 0 aliphatic heterocycles. The van der Waals surface area contributed by atoms with Crippen LogP contribution in [-0.4, -0.2) is 37.0 Å². The molecule has 4 rings (SSSR count). The molecule has 2 aromatic heterocycles. The van der Waals surface area contributed by atoms with E-state index in [9.17, 15) is 14.7 Å². The Balaban J connectivity index is 1.43. The zero-order chi connectivity index (χ0) is 22.5. The summed E-state index contributed by atoms with van der Waals surface area (Å²) in [6.07, 6.45) is 8.54. The first-order chi connectivity index (χ1) is 15.5. The van der Waals surface area contributed by atoms with Gasteiger partial charge in [-0.1, -0.05) is 62.9 Å². The molecular weight excluding hydrogens is 404 g/mol. The molecule has 166 valence electrons. The van der Waals surface area contributed by atoms with E-state index in [0.29, 0.717) is 29.6 Å². The van der Waals surface area contributed by atoms with Crippen molar-refractivity contribution in [2.24, 2.45) is 11.8 Å². The zero-order valence-electron chi connectivity index (χ0n) is 18.3. The summed E-state index contributed by atoms with van der Waals surface area (Å²) in [5, 5.41) is 16.5. The van der Waals surface area contributed by atoms with Crippen LogP contribution in [0.25, 0.3) is 11.1 Å². The Kier molecular flexibility index (Phi) is 6.73. The average molecular weight is 433 g/mol. The minimum atomic E-state index is -1.05. The molecule has 0 bridgehead atoms. The molecule has 1 aliphatic rings. The minimum Gasteiger partial charge on any atom is -0.476 e. The number of Topliss-reactive ketones (excluding diaryl/α,β-unsaturated/α-hetero) is 1. The number of aromatic amines is 1. The molecule has 0 radical (unpaired) electrons. The van der Waals surface area contributed by atoms with Gasteiger partial charge in [-0.05, 0) is 36.0 Å². The van der Waals surface area contributed by atoms with Gasteiger partial charge >= 0.3 is 5.97 Å². The number of rotatable bonds is 8. The van der Waals surface area contributed by atoms with Crippen LogP contribution in [0.15, 0.2) is 42.6 Å². The van der Waals surface area contributed by atoms with E-state index >= 15 is 0 Å². The molecule has 1 saturated carbocycles. The molecule has 1 aromatic carbocycles. The topological polar surface area (TPSA) is 109 Å². The number of carbonyl (C=O) groups excluding carboxylic acids is 1. The summed E-state index contributed by atoms with van der Waals surface area (Å²) in [7, 11) is 0. The van der Waals surface area contributed by atoms with Gasteiger partial charge in [-0.15, -0.1) is 0 Å². The first-order valence-electron chi connectivity index (χ1n) is 11.3. The number of H-pyrrole nitrogens is 1. The maximum atomic E-state index is 12.9. The summed E-state index contributed by atoms with van der Waals surface area (Å²) in [6, 6.07) is 11.1. The van der Waals surface area contributed by atoms with Gasteiger partial charge < -0.3 is 5.11 Å². The molecule has 0 amide bonds. The van der Waals surface area contributed by atoms with E-state index in [1.54, 1.807) is 12.1 Å². The third-order valence-corrected chi connectivity index (χ3v) is 6.25. The molecule has 7 nitrogen and oxygen atoms in total. The van der Waals surface area contributed by atoms with E-state index in [1.165, 1.54) is 19.0 Å². The summed E-state index contributed by atoms with van der Waals surface area (Å²) in [4.78, 5) is 32.7. The Hall–Kier alpha value is -3.35. The number of ketones is 1. The molecule has 2 atom stereocenters. The van der Waals surface area contributed by atoms with Crippen LogP contribution in [0.1, 0.15) is 77.9 Å². The molecule has 1 fully saturated rings. The quantitative estimate of drug-likeness (QED) is 0.488. The van der Waals surface area contributed by atoms with E-state index < -0.39 is 5.97 Å². The molecule has 7 heteroatoms. The van der Waals surface area contributed by atoms with E-state index in [-0.39, 0.29) is 17.4 Å². The zero-order valence-corrected chi connectivity index (χ0v) is 18.3. The van der Waals surface area contributed by atoms with Gasteiger partial charge in [-0.3, -0.25) is 9.89 Å². The number of pyridine rings is 1. The van der Waals surface area contributed by atoms with Gasteiger partial charge in [0.1, 0.15) is 5.82 Å². The Bertz CT molecular complexity index is 1090. The van der Waals surface area contributed by atoms with Crippen LogP contribution >= 0.6 is 0 Å². The summed E-state index contributed by atoms with van der Waals surface area (Å²) in [5.41, 5.74) is 2.38. The summed E-state index contributed by atoms with van der Waals surface area (Å²) in [6.45, 7) is 2.20. The SMILES string of the molecule is CCCC1CCCC(C(=O)c2n[nH]c(Cc3ccc(-c4cccnc4C(=O)O)cc3)n2)C1. The predicted octanol–water partition coefficient (Wildman–Crippen LogP) is 4.94. The van der Waals surface area contributed by atoms with Gasteiger partial charge in [0.2, 0.25) is 11.6 Å².